The predicted molar refractivity (Wildman–Crippen MR) is 122 cm³/mol. The maximum absolute atomic E-state index is 12.8. The number of esters is 1. The van der Waals surface area contributed by atoms with Gasteiger partial charge in [-0.25, -0.2) is 9.48 Å². The van der Waals surface area contributed by atoms with E-state index in [4.69, 9.17) is 4.74 Å². The van der Waals surface area contributed by atoms with E-state index in [1.807, 2.05) is 61.5 Å². The fourth-order valence-corrected chi connectivity index (χ4v) is 3.45. The molecule has 0 aliphatic rings. The van der Waals surface area contributed by atoms with E-state index in [0.29, 0.717) is 11.4 Å². The molecule has 1 aromatic heterocycles. The topological polar surface area (TPSA) is 44.1 Å². The molecule has 0 bridgehead atoms. The molecular formula is C26H32N2O2. The van der Waals surface area contributed by atoms with Gasteiger partial charge in [0, 0.05) is 6.07 Å². The fourth-order valence-electron chi connectivity index (χ4n) is 3.45. The van der Waals surface area contributed by atoms with Crippen molar-refractivity contribution in [2.75, 3.05) is 0 Å². The van der Waals surface area contributed by atoms with Gasteiger partial charge in [0.05, 0.1) is 16.9 Å². The van der Waals surface area contributed by atoms with E-state index >= 15 is 0 Å². The molecule has 158 valence electrons. The first-order valence-corrected chi connectivity index (χ1v) is 11.1. The number of benzene rings is 2. The number of unbranched alkanes of at least 4 members (excludes halogenated alkanes) is 3. The van der Waals surface area contributed by atoms with Crippen molar-refractivity contribution in [3.63, 3.8) is 0 Å². The first-order chi connectivity index (χ1) is 14.6. The summed E-state index contributed by atoms with van der Waals surface area (Å²) in [5.74, 6) is 0.0970. The van der Waals surface area contributed by atoms with Crippen LogP contribution in [-0.2, 0) is 12.8 Å². The lowest BCUT2D eigenvalue weighted by molar-refractivity contribution is 0.0723. The Kier molecular flexibility index (Phi) is 7.83. The van der Waals surface area contributed by atoms with Crippen molar-refractivity contribution < 1.29 is 9.53 Å². The molecule has 0 aliphatic carbocycles. The third-order valence-corrected chi connectivity index (χ3v) is 5.22. The minimum Gasteiger partial charge on any atom is -0.404 e. The molecule has 0 saturated carbocycles. The first kappa shape index (κ1) is 21.8. The summed E-state index contributed by atoms with van der Waals surface area (Å²) in [5, 5.41) is 4.65. The second-order valence-corrected chi connectivity index (χ2v) is 7.87. The van der Waals surface area contributed by atoms with E-state index in [2.05, 4.69) is 18.9 Å². The first-order valence-electron chi connectivity index (χ1n) is 11.1. The Morgan fingerprint density at radius 1 is 0.900 bits per heavy atom. The van der Waals surface area contributed by atoms with Gasteiger partial charge in [0.1, 0.15) is 0 Å². The van der Waals surface area contributed by atoms with Crippen molar-refractivity contribution in [2.24, 2.45) is 0 Å². The molecule has 0 radical (unpaired) electrons. The number of ether oxygens (including phenoxy) is 1. The van der Waals surface area contributed by atoms with Crippen LogP contribution in [0.1, 0.15) is 73.1 Å². The van der Waals surface area contributed by atoms with E-state index in [1.165, 1.54) is 36.8 Å². The lowest BCUT2D eigenvalue weighted by atomic mass is 10.0. The Morgan fingerprint density at radius 3 is 2.30 bits per heavy atom. The summed E-state index contributed by atoms with van der Waals surface area (Å²) >= 11 is 0. The van der Waals surface area contributed by atoms with Crippen LogP contribution in [0.2, 0.25) is 0 Å². The summed E-state index contributed by atoms with van der Waals surface area (Å²) in [7, 11) is 0. The van der Waals surface area contributed by atoms with Crippen LogP contribution in [0.5, 0.6) is 5.88 Å². The fraction of sp³-hybridized carbons (Fsp3) is 0.385. The van der Waals surface area contributed by atoms with Crippen molar-refractivity contribution in [3.05, 3.63) is 77.0 Å². The highest BCUT2D eigenvalue weighted by molar-refractivity contribution is 5.91. The molecule has 0 amide bonds. The van der Waals surface area contributed by atoms with Gasteiger partial charge in [-0.15, -0.1) is 0 Å². The molecule has 3 aromatic rings. The van der Waals surface area contributed by atoms with Crippen molar-refractivity contribution in [3.8, 4) is 11.6 Å². The molecule has 0 fully saturated rings. The van der Waals surface area contributed by atoms with E-state index in [-0.39, 0.29) is 5.97 Å². The monoisotopic (exact) mass is 404 g/mol. The molecule has 0 spiro atoms. The number of carbonyl (C=O) groups excluding carboxylic acids is 1. The minimum atomic E-state index is -0.358. The number of aromatic nitrogens is 2. The van der Waals surface area contributed by atoms with Crippen molar-refractivity contribution in [2.45, 2.75) is 65.7 Å². The van der Waals surface area contributed by atoms with Gasteiger partial charge < -0.3 is 4.74 Å². The lowest BCUT2D eigenvalue weighted by Gasteiger charge is -2.09. The van der Waals surface area contributed by atoms with Crippen LogP contribution in [0.4, 0.5) is 0 Å². The quantitative estimate of drug-likeness (QED) is 0.287. The number of carbonyl (C=O) groups is 1. The second-order valence-electron chi connectivity index (χ2n) is 7.87. The average Bonchev–Trinajstić information content (AvgIpc) is 3.14. The maximum Gasteiger partial charge on any atom is 0.344 e. The molecule has 1 heterocycles. The summed E-state index contributed by atoms with van der Waals surface area (Å²) in [4.78, 5) is 12.8. The Bertz CT molecular complexity index is 940. The smallest absolute Gasteiger partial charge is 0.344 e. The molecule has 0 unspecified atom stereocenters. The van der Waals surface area contributed by atoms with Crippen LogP contribution >= 0.6 is 0 Å². The Labute approximate surface area is 179 Å². The van der Waals surface area contributed by atoms with Gasteiger partial charge in [-0.1, -0.05) is 69.4 Å². The maximum atomic E-state index is 12.8. The average molecular weight is 405 g/mol. The summed E-state index contributed by atoms with van der Waals surface area (Å²) in [5.41, 5.74) is 4.79. The highest BCUT2D eigenvalue weighted by Gasteiger charge is 2.16. The third kappa shape index (κ3) is 5.82. The van der Waals surface area contributed by atoms with Crippen LogP contribution in [0.25, 0.3) is 5.69 Å². The molecule has 4 nitrogen and oxygen atoms in total. The van der Waals surface area contributed by atoms with Crippen molar-refractivity contribution in [1.29, 1.82) is 0 Å². The van der Waals surface area contributed by atoms with Gasteiger partial charge in [-0.05, 0) is 56.0 Å². The summed E-state index contributed by atoms with van der Waals surface area (Å²) in [6, 6.07) is 17.7. The highest BCUT2D eigenvalue weighted by Crippen LogP contribution is 2.22. The number of aryl methyl sites for hydroxylation is 3. The van der Waals surface area contributed by atoms with Crippen LogP contribution in [0.3, 0.4) is 0 Å². The van der Waals surface area contributed by atoms with Gasteiger partial charge in [0.15, 0.2) is 0 Å². The SMILES string of the molecule is CCCCCCc1ccc(C(=O)Oc2cc(CCC)nn2-c2ccc(C)cc2)cc1. The number of rotatable bonds is 10. The van der Waals surface area contributed by atoms with Crippen LogP contribution in [0, 0.1) is 6.92 Å². The van der Waals surface area contributed by atoms with Gasteiger partial charge in [-0.2, -0.15) is 5.10 Å². The zero-order valence-electron chi connectivity index (χ0n) is 18.4. The van der Waals surface area contributed by atoms with Gasteiger partial charge in [0.25, 0.3) is 0 Å². The van der Waals surface area contributed by atoms with Crippen LogP contribution in [-0.4, -0.2) is 15.7 Å². The Morgan fingerprint density at radius 2 is 1.63 bits per heavy atom. The lowest BCUT2D eigenvalue weighted by Crippen LogP contribution is -2.11. The number of nitrogens with zero attached hydrogens (tertiary/aromatic N) is 2. The molecule has 0 atom stereocenters. The molecule has 3 rings (SSSR count). The highest BCUT2D eigenvalue weighted by atomic mass is 16.5. The van der Waals surface area contributed by atoms with E-state index < -0.39 is 0 Å². The van der Waals surface area contributed by atoms with Gasteiger partial charge in [-0.3, -0.25) is 0 Å². The van der Waals surface area contributed by atoms with Gasteiger partial charge in [0.2, 0.25) is 5.88 Å². The molecule has 4 heteroatoms. The van der Waals surface area contributed by atoms with E-state index in [1.54, 1.807) is 4.68 Å². The van der Waals surface area contributed by atoms with Crippen molar-refractivity contribution in [1.82, 2.24) is 9.78 Å². The van der Waals surface area contributed by atoms with Crippen molar-refractivity contribution >= 4 is 5.97 Å². The van der Waals surface area contributed by atoms with E-state index in [9.17, 15) is 4.79 Å². The number of hydrogen-bond acceptors (Lipinski definition) is 3. The molecule has 0 saturated heterocycles. The minimum absolute atomic E-state index is 0.358. The Balaban J connectivity index is 1.73. The normalized spacial score (nSPS) is 10.9. The summed E-state index contributed by atoms with van der Waals surface area (Å²) in [6.07, 6.45) is 7.84. The zero-order chi connectivity index (χ0) is 21.3. The molecule has 2 aromatic carbocycles. The third-order valence-electron chi connectivity index (χ3n) is 5.22. The predicted octanol–water partition coefficient (Wildman–Crippen LogP) is 6.48. The zero-order valence-corrected chi connectivity index (χ0v) is 18.4. The largest absolute Gasteiger partial charge is 0.404 e. The summed E-state index contributed by atoms with van der Waals surface area (Å²) < 4.78 is 7.47. The molecular weight excluding hydrogens is 372 g/mol. The molecule has 30 heavy (non-hydrogen) atoms. The van der Waals surface area contributed by atoms with Gasteiger partial charge >= 0.3 is 5.97 Å². The second kappa shape index (κ2) is 10.8. The molecule has 0 N–H and O–H groups in total. The summed E-state index contributed by atoms with van der Waals surface area (Å²) in [6.45, 7) is 6.38. The van der Waals surface area contributed by atoms with E-state index in [0.717, 1.165) is 30.6 Å². The molecule has 0 aliphatic heterocycles. The van der Waals surface area contributed by atoms with Crippen LogP contribution in [0.15, 0.2) is 54.6 Å². The Hall–Kier alpha value is -2.88. The van der Waals surface area contributed by atoms with Crippen LogP contribution < -0.4 is 4.74 Å². The standard InChI is InChI=1S/C26H32N2O2/c1-4-6-7-8-10-21-13-15-22(16-14-21)26(29)30-25-19-23(9-5-2)27-28(25)24-17-11-20(3)12-18-24/h11-19H,4-10H2,1-3H3. The number of hydrogen-bond donors (Lipinski definition) is 0.